The number of halogens is 3. The predicted octanol–water partition coefficient (Wildman–Crippen LogP) is 4.84. The average Bonchev–Trinajstić information content (AvgIpc) is 2.37. The topological polar surface area (TPSA) is 12.0 Å². The summed E-state index contributed by atoms with van der Waals surface area (Å²) in [6, 6.07) is 14.3. The lowest BCUT2D eigenvalue weighted by Crippen LogP contribution is -2.58. The molecule has 0 radical (unpaired) electrons. The van der Waals surface area contributed by atoms with Crippen LogP contribution in [0.25, 0.3) is 0 Å². The van der Waals surface area contributed by atoms with E-state index in [1.54, 1.807) is 0 Å². The van der Waals surface area contributed by atoms with Crippen LogP contribution in [0.5, 0.6) is 0 Å². The van der Waals surface area contributed by atoms with E-state index in [2.05, 4.69) is 45.5 Å². The minimum absolute atomic E-state index is 0.137. The second-order valence-corrected chi connectivity index (χ2v) is 7.06. The van der Waals surface area contributed by atoms with Gasteiger partial charge in [0.1, 0.15) is 0 Å². The molecule has 1 N–H and O–H groups in total. The Labute approximate surface area is 137 Å². The Balaban J connectivity index is 1.91. The molecule has 2 aromatic carbocycles. The van der Waals surface area contributed by atoms with Crippen molar-refractivity contribution in [2.45, 2.75) is 11.8 Å². The molecule has 0 amide bonds. The van der Waals surface area contributed by atoms with Gasteiger partial charge in [-0.1, -0.05) is 57.3 Å². The maximum absolute atomic E-state index is 6.32. The lowest BCUT2D eigenvalue weighted by Gasteiger charge is -2.43. The zero-order valence-corrected chi connectivity index (χ0v) is 13.9. The highest BCUT2D eigenvalue weighted by Crippen LogP contribution is 2.35. The molecule has 2 aromatic rings. The van der Waals surface area contributed by atoms with Gasteiger partial charge in [0, 0.05) is 33.0 Å². The molecule has 0 bridgehead atoms. The van der Waals surface area contributed by atoms with Crippen molar-refractivity contribution in [2.75, 3.05) is 13.1 Å². The van der Waals surface area contributed by atoms with Gasteiger partial charge in [-0.05, 0) is 41.8 Å². The van der Waals surface area contributed by atoms with Gasteiger partial charge >= 0.3 is 0 Å². The zero-order chi connectivity index (χ0) is 14.2. The van der Waals surface area contributed by atoms with E-state index in [-0.39, 0.29) is 5.41 Å². The van der Waals surface area contributed by atoms with Gasteiger partial charge in [-0.3, -0.25) is 0 Å². The summed E-state index contributed by atoms with van der Waals surface area (Å²) in [5, 5.41) is 4.82. The Hall–Kier alpha value is -0.540. The molecule has 0 unspecified atom stereocenters. The molecule has 1 aliphatic rings. The molecule has 0 atom stereocenters. The van der Waals surface area contributed by atoms with Gasteiger partial charge < -0.3 is 5.32 Å². The molecule has 20 heavy (non-hydrogen) atoms. The van der Waals surface area contributed by atoms with E-state index in [4.69, 9.17) is 23.2 Å². The molecule has 0 saturated carbocycles. The molecule has 0 aromatic heterocycles. The van der Waals surface area contributed by atoms with Crippen LogP contribution in [0.3, 0.4) is 0 Å². The fraction of sp³-hybridized carbons (Fsp3) is 0.250. The number of rotatable bonds is 3. The van der Waals surface area contributed by atoms with Crippen LogP contribution in [-0.2, 0) is 11.8 Å². The van der Waals surface area contributed by atoms with E-state index in [1.807, 2.05) is 18.2 Å². The molecule has 1 heterocycles. The monoisotopic (exact) mass is 369 g/mol. The Kier molecular flexibility index (Phi) is 4.09. The standard InChI is InChI=1S/C16H14BrCl2N/c17-13-4-2-12(3-5-13)16(9-20-10-16)8-11-1-6-14(18)7-15(11)19/h1-7,20H,8-10H2. The fourth-order valence-corrected chi connectivity index (χ4v) is 3.43. The number of hydrogen-bond donors (Lipinski definition) is 1. The number of benzene rings is 2. The average molecular weight is 371 g/mol. The maximum atomic E-state index is 6.32. The highest BCUT2D eigenvalue weighted by Gasteiger charge is 2.39. The molecule has 1 nitrogen and oxygen atoms in total. The van der Waals surface area contributed by atoms with Gasteiger partial charge in [0.25, 0.3) is 0 Å². The first-order chi connectivity index (χ1) is 9.59. The molecule has 0 aliphatic carbocycles. The molecule has 1 fully saturated rings. The van der Waals surface area contributed by atoms with E-state index in [0.717, 1.165) is 34.6 Å². The summed E-state index contributed by atoms with van der Waals surface area (Å²) in [5.41, 5.74) is 2.64. The van der Waals surface area contributed by atoms with Gasteiger partial charge in [0.05, 0.1) is 0 Å². The van der Waals surface area contributed by atoms with Gasteiger partial charge in [-0.2, -0.15) is 0 Å². The van der Waals surface area contributed by atoms with Crippen LogP contribution >= 0.6 is 39.1 Å². The zero-order valence-electron chi connectivity index (χ0n) is 10.8. The Morgan fingerprint density at radius 2 is 1.75 bits per heavy atom. The minimum Gasteiger partial charge on any atom is -0.315 e. The Morgan fingerprint density at radius 3 is 2.30 bits per heavy atom. The van der Waals surface area contributed by atoms with E-state index in [0.29, 0.717) is 5.02 Å². The predicted molar refractivity (Wildman–Crippen MR) is 88.9 cm³/mol. The van der Waals surface area contributed by atoms with Crippen molar-refractivity contribution in [3.8, 4) is 0 Å². The molecule has 104 valence electrons. The van der Waals surface area contributed by atoms with Gasteiger partial charge in [-0.15, -0.1) is 0 Å². The summed E-state index contributed by atoms with van der Waals surface area (Å²) in [5.74, 6) is 0. The third-order valence-electron chi connectivity index (χ3n) is 3.93. The van der Waals surface area contributed by atoms with Crippen LogP contribution in [0, 0.1) is 0 Å². The second kappa shape index (κ2) is 5.69. The quantitative estimate of drug-likeness (QED) is 0.815. The molecular weight excluding hydrogens is 357 g/mol. The van der Waals surface area contributed by atoms with Crippen molar-refractivity contribution < 1.29 is 0 Å². The van der Waals surface area contributed by atoms with E-state index < -0.39 is 0 Å². The molecule has 0 spiro atoms. The summed E-state index contributed by atoms with van der Waals surface area (Å²) in [7, 11) is 0. The van der Waals surface area contributed by atoms with Crippen molar-refractivity contribution in [3.05, 3.63) is 68.1 Å². The smallest absolute Gasteiger partial charge is 0.0453 e. The molecular formula is C16H14BrCl2N. The third-order valence-corrected chi connectivity index (χ3v) is 5.04. The van der Waals surface area contributed by atoms with Crippen molar-refractivity contribution in [1.82, 2.24) is 5.32 Å². The number of hydrogen-bond acceptors (Lipinski definition) is 1. The summed E-state index contributed by atoms with van der Waals surface area (Å²) in [6.07, 6.45) is 0.928. The van der Waals surface area contributed by atoms with Crippen LogP contribution in [0.4, 0.5) is 0 Å². The second-order valence-electron chi connectivity index (χ2n) is 5.30. The van der Waals surface area contributed by atoms with Crippen LogP contribution in [0.2, 0.25) is 10.0 Å². The van der Waals surface area contributed by atoms with E-state index >= 15 is 0 Å². The first-order valence-electron chi connectivity index (χ1n) is 6.50. The van der Waals surface area contributed by atoms with Crippen molar-refractivity contribution >= 4 is 39.1 Å². The molecule has 4 heteroatoms. The number of nitrogens with one attached hydrogen (secondary N) is 1. The molecule has 1 aliphatic heterocycles. The maximum Gasteiger partial charge on any atom is 0.0453 e. The highest BCUT2D eigenvalue weighted by atomic mass is 79.9. The Bertz CT molecular complexity index is 621. The highest BCUT2D eigenvalue weighted by molar-refractivity contribution is 9.10. The van der Waals surface area contributed by atoms with Crippen LogP contribution in [0.15, 0.2) is 46.9 Å². The van der Waals surface area contributed by atoms with Gasteiger partial charge in [0.15, 0.2) is 0 Å². The summed E-state index contributed by atoms with van der Waals surface area (Å²) < 4.78 is 1.10. The van der Waals surface area contributed by atoms with Crippen molar-refractivity contribution in [3.63, 3.8) is 0 Å². The summed E-state index contributed by atoms with van der Waals surface area (Å²) in [6.45, 7) is 1.96. The van der Waals surface area contributed by atoms with Gasteiger partial charge in [-0.25, -0.2) is 0 Å². The first kappa shape index (κ1) is 14.4. The molecule has 3 rings (SSSR count). The SMILES string of the molecule is Clc1ccc(CC2(c3ccc(Br)cc3)CNC2)c(Cl)c1. The molecule has 1 saturated heterocycles. The normalized spacial score (nSPS) is 16.8. The van der Waals surface area contributed by atoms with Crippen LogP contribution in [-0.4, -0.2) is 13.1 Å². The largest absolute Gasteiger partial charge is 0.315 e. The first-order valence-corrected chi connectivity index (χ1v) is 8.05. The lowest BCUT2D eigenvalue weighted by molar-refractivity contribution is 0.275. The Morgan fingerprint density at radius 1 is 1.05 bits per heavy atom. The lowest BCUT2D eigenvalue weighted by atomic mass is 9.71. The fourth-order valence-electron chi connectivity index (χ4n) is 2.69. The summed E-state index contributed by atoms with van der Waals surface area (Å²) >= 11 is 15.8. The van der Waals surface area contributed by atoms with Crippen molar-refractivity contribution in [1.29, 1.82) is 0 Å². The van der Waals surface area contributed by atoms with Gasteiger partial charge in [0.2, 0.25) is 0 Å². The van der Waals surface area contributed by atoms with Crippen LogP contribution in [0.1, 0.15) is 11.1 Å². The van der Waals surface area contributed by atoms with Crippen molar-refractivity contribution in [2.24, 2.45) is 0 Å². The van der Waals surface area contributed by atoms with E-state index in [9.17, 15) is 0 Å². The van der Waals surface area contributed by atoms with E-state index in [1.165, 1.54) is 5.56 Å². The minimum atomic E-state index is 0.137. The van der Waals surface area contributed by atoms with Crippen LogP contribution < -0.4 is 5.32 Å². The summed E-state index contributed by atoms with van der Waals surface area (Å²) in [4.78, 5) is 0. The third kappa shape index (κ3) is 2.75.